The molecule has 0 amide bonds. The van der Waals surface area contributed by atoms with E-state index in [1.165, 1.54) is 18.9 Å². The monoisotopic (exact) mass is 375 g/mol. The van der Waals surface area contributed by atoms with Crippen LogP contribution in [0.1, 0.15) is 25.3 Å². The third-order valence-corrected chi connectivity index (χ3v) is 6.09. The molecule has 1 unspecified atom stereocenters. The summed E-state index contributed by atoms with van der Waals surface area (Å²) in [5, 5.41) is 0. The number of hydrogen-bond acceptors (Lipinski definition) is 4. The number of nitrogens with two attached hydrogens (primary N) is 1. The van der Waals surface area contributed by atoms with Crippen molar-refractivity contribution in [3.05, 3.63) is 22.2 Å². The number of nitrogens with zero attached hydrogens (tertiary/aromatic N) is 1. The zero-order valence-electron chi connectivity index (χ0n) is 12.4. The molecular weight excluding hydrogens is 354 g/mol. The summed E-state index contributed by atoms with van der Waals surface area (Å²) < 4.78 is 28.5. The van der Waals surface area contributed by atoms with Crippen molar-refractivity contribution in [1.29, 1.82) is 0 Å². The largest absolute Gasteiger partial charge is 0.398 e. The summed E-state index contributed by atoms with van der Waals surface area (Å²) in [6, 6.07) is 3.11. The molecule has 3 N–H and O–H groups in total. The number of halogens is 1. The van der Waals surface area contributed by atoms with Gasteiger partial charge < -0.3 is 10.6 Å². The van der Waals surface area contributed by atoms with Crippen LogP contribution in [-0.2, 0) is 10.0 Å². The van der Waals surface area contributed by atoms with Gasteiger partial charge in [0.05, 0.1) is 4.90 Å². The summed E-state index contributed by atoms with van der Waals surface area (Å²) >= 11 is 3.31. The molecule has 0 aliphatic carbocycles. The predicted molar refractivity (Wildman–Crippen MR) is 88.7 cm³/mol. The van der Waals surface area contributed by atoms with Crippen molar-refractivity contribution in [2.45, 2.75) is 37.6 Å². The lowest BCUT2D eigenvalue weighted by Gasteiger charge is -2.21. The maximum absolute atomic E-state index is 12.5. The van der Waals surface area contributed by atoms with Crippen LogP contribution < -0.4 is 10.5 Å². The van der Waals surface area contributed by atoms with E-state index < -0.39 is 10.0 Å². The van der Waals surface area contributed by atoms with Crippen LogP contribution in [0.15, 0.2) is 21.5 Å². The summed E-state index contributed by atoms with van der Waals surface area (Å²) in [5.41, 5.74) is 6.90. The number of nitrogens with one attached hydrogen (secondary N) is 1. The number of anilines is 1. The lowest BCUT2D eigenvalue weighted by atomic mass is 10.2. The molecule has 0 bridgehead atoms. The van der Waals surface area contributed by atoms with Crippen molar-refractivity contribution < 1.29 is 8.42 Å². The van der Waals surface area contributed by atoms with E-state index in [1.807, 2.05) is 6.92 Å². The first kappa shape index (κ1) is 16.7. The summed E-state index contributed by atoms with van der Waals surface area (Å²) in [5.74, 6) is 0. The fourth-order valence-electron chi connectivity index (χ4n) is 2.68. The molecule has 0 saturated carbocycles. The lowest BCUT2D eigenvalue weighted by Crippen LogP contribution is -2.41. The molecule has 2 rings (SSSR count). The van der Waals surface area contributed by atoms with Crippen LogP contribution in [0.4, 0.5) is 5.69 Å². The van der Waals surface area contributed by atoms with E-state index in [1.54, 1.807) is 13.0 Å². The Bertz CT molecular complexity index is 613. The predicted octanol–water partition coefficient (Wildman–Crippen LogP) is 2.10. The Morgan fingerprint density at radius 2 is 2.00 bits per heavy atom. The van der Waals surface area contributed by atoms with Crippen LogP contribution in [0, 0.1) is 6.92 Å². The molecular formula is C14H22BrN3O2S. The number of benzene rings is 1. The van der Waals surface area contributed by atoms with Gasteiger partial charge in [0.1, 0.15) is 0 Å². The Labute approximate surface area is 135 Å². The normalized spacial score (nSPS) is 18.0. The van der Waals surface area contributed by atoms with E-state index in [2.05, 4.69) is 25.6 Å². The van der Waals surface area contributed by atoms with E-state index in [4.69, 9.17) is 5.73 Å². The number of aryl methyl sites for hydroxylation is 1. The van der Waals surface area contributed by atoms with E-state index in [0.29, 0.717) is 15.7 Å². The highest BCUT2D eigenvalue weighted by molar-refractivity contribution is 9.10. The van der Waals surface area contributed by atoms with Crippen LogP contribution in [0.25, 0.3) is 0 Å². The number of rotatable bonds is 5. The SMILES string of the molecule is Cc1cc(Br)c(N)cc1S(=O)(=O)NC(C)CN1CCCC1. The van der Waals surface area contributed by atoms with Gasteiger partial charge in [0.15, 0.2) is 0 Å². The van der Waals surface area contributed by atoms with Gasteiger partial charge in [0.2, 0.25) is 10.0 Å². The van der Waals surface area contributed by atoms with Crippen molar-refractivity contribution in [3.8, 4) is 0 Å². The van der Waals surface area contributed by atoms with Gasteiger partial charge in [0, 0.05) is 22.7 Å². The van der Waals surface area contributed by atoms with Crippen LogP contribution in [0.3, 0.4) is 0 Å². The van der Waals surface area contributed by atoms with Gasteiger partial charge >= 0.3 is 0 Å². The molecule has 1 fully saturated rings. The molecule has 7 heteroatoms. The number of hydrogen-bond donors (Lipinski definition) is 2. The summed E-state index contributed by atoms with van der Waals surface area (Å²) in [7, 11) is -3.55. The van der Waals surface area contributed by atoms with E-state index in [0.717, 1.165) is 19.6 Å². The van der Waals surface area contributed by atoms with Gasteiger partial charge in [-0.3, -0.25) is 0 Å². The Hall–Kier alpha value is -0.630. The van der Waals surface area contributed by atoms with Gasteiger partial charge in [-0.15, -0.1) is 0 Å². The first-order valence-corrected chi connectivity index (χ1v) is 9.37. The van der Waals surface area contributed by atoms with Gasteiger partial charge in [-0.1, -0.05) is 0 Å². The minimum absolute atomic E-state index is 0.127. The third kappa shape index (κ3) is 4.18. The second-order valence-electron chi connectivity index (χ2n) is 5.67. The van der Waals surface area contributed by atoms with Gasteiger partial charge in [-0.2, -0.15) is 0 Å². The van der Waals surface area contributed by atoms with Gasteiger partial charge in [0.25, 0.3) is 0 Å². The van der Waals surface area contributed by atoms with Crippen LogP contribution in [-0.4, -0.2) is 39.0 Å². The van der Waals surface area contributed by atoms with Crippen molar-refractivity contribution in [2.75, 3.05) is 25.4 Å². The second kappa shape index (κ2) is 6.64. The molecule has 5 nitrogen and oxygen atoms in total. The second-order valence-corrected chi connectivity index (χ2v) is 8.21. The summed E-state index contributed by atoms with van der Waals surface area (Å²) in [4.78, 5) is 2.53. The average molecular weight is 376 g/mol. The summed E-state index contributed by atoms with van der Waals surface area (Å²) in [6.45, 7) is 6.51. The number of nitrogen functional groups attached to an aromatic ring is 1. The number of likely N-dealkylation sites (tertiary alicyclic amines) is 1. The standard InChI is InChI=1S/C14H22BrN3O2S/c1-10-7-12(15)13(16)8-14(10)21(19,20)17-11(2)9-18-5-3-4-6-18/h7-8,11,17H,3-6,9,16H2,1-2H3. The van der Waals surface area contributed by atoms with E-state index in [-0.39, 0.29) is 10.9 Å². The molecule has 1 atom stereocenters. The number of sulfonamides is 1. The van der Waals surface area contributed by atoms with Crippen LogP contribution in [0.5, 0.6) is 0 Å². The fourth-order valence-corrected chi connectivity index (χ4v) is 4.63. The molecule has 21 heavy (non-hydrogen) atoms. The zero-order chi connectivity index (χ0) is 15.6. The summed E-state index contributed by atoms with van der Waals surface area (Å²) in [6.07, 6.45) is 2.39. The molecule has 1 aliphatic rings. The minimum atomic E-state index is -3.55. The smallest absolute Gasteiger partial charge is 0.241 e. The first-order valence-electron chi connectivity index (χ1n) is 7.10. The van der Waals surface area contributed by atoms with Crippen LogP contribution in [0.2, 0.25) is 0 Å². The fraction of sp³-hybridized carbons (Fsp3) is 0.571. The molecule has 1 heterocycles. The van der Waals surface area contributed by atoms with Crippen molar-refractivity contribution in [2.24, 2.45) is 0 Å². The highest BCUT2D eigenvalue weighted by Gasteiger charge is 2.22. The Balaban J connectivity index is 2.12. The highest BCUT2D eigenvalue weighted by Crippen LogP contribution is 2.26. The van der Waals surface area contributed by atoms with Crippen molar-refractivity contribution in [1.82, 2.24) is 9.62 Å². The first-order chi connectivity index (χ1) is 9.79. The molecule has 0 aromatic heterocycles. The van der Waals surface area contributed by atoms with Gasteiger partial charge in [-0.05, 0) is 73.4 Å². The Morgan fingerprint density at radius 3 is 2.62 bits per heavy atom. The van der Waals surface area contributed by atoms with Crippen molar-refractivity contribution in [3.63, 3.8) is 0 Å². The van der Waals surface area contributed by atoms with Crippen LogP contribution >= 0.6 is 15.9 Å². The molecule has 1 aliphatic heterocycles. The Morgan fingerprint density at radius 1 is 1.38 bits per heavy atom. The molecule has 0 radical (unpaired) electrons. The lowest BCUT2D eigenvalue weighted by molar-refractivity contribution is 0.313. The topological polar surface area (TPSA) is 75.4 Å². The van der Waals surface area contributed by atoms with E-state index in [9.17, 15) is 8.42 Å². The minimum Gasteiger partial charge on any atom is -0.398 e. The highest BCUT2D eigenvalue weighted by atomic mass is 79.9. The Kier molecular flexibility index (Phi) is 5.29. The molecule has 0 spiro atoms. The molecule has 118 valence electrons. The maximum Gasteiger partial charge on any atom is 0.241 e. The molecule has 1 aromatic carbocycles. The quantitative estimate of drug-likeness (QED) is 0.772. The molecule has 1 saturated heterocycles. The average Bonchev–Trinajstić information content (AvgIpc) is 2.85. The van der Waals surface area contributed by atoms with Gasteiger partial charge in [-0.25, -0.2) is 13.1 Å². The third-order valence-electron chi connectivity index (χ3n) is 3.67. The zero-order valence-corrected chi connectivity index (χ0v) is 14.8. The molecule has 1 aromatic rings. The maximum atomic E-state index is 12.5. The van der Waals surface area contributed by atoms with E-state index >= 15 is 0 Å². The van der Waals surface area contributed by atoms with Crippen molar-refractivity contribution >= 4 is 31.6 Å².